The van der Waals surface area contributed by atoms with E-state index in [1.165, 1.54) is 41.7 Å². The minimum absolute atomic E-state index is 0.00332. The molecule has 0 radical (unpaired) electrons. The van der Waals surface area contributed by atoms with Gasteiger partial charge in [-0.2, -0.15) is 10.2 Å². The number of rotatable bonds is 9. The van der Waals surface area contributed by atoms with Crippen LogP contribution in [0.2, 0.25) is 0 Å². The van der Waals surface area contributed by atoms with Crippen LogP contribution in [0, 0.1) is 12.7 Å². The summed E-state index contributed by atoms with van der Waals surface area (Å²) >= 11 is 1.15. The van der Waals surface area contributed by atoms with Gasteiger partial charge in [-0.1, -0.05) is 11.3 Å². The molecule has 3 heterocycles. The van der Waals surface area contributed by atoms with E-state index in [2.05, 4.69) is 15.5 Å². The number of hydrogen-bond acceptors (Lipinski definition) is 8. The number of aromatic nitrogens is 5. The van der Waals surface area contributed by atoms with Crippen LogP contribution < -0.4 is 16.6 Å². The van der Waals surface area contributed by atoms with Crippen molar-refractivity contribution >= 4 is 27.5 Å². The lowest BCUT2D eigenvalue weighted by atomic mass is 9.91. The molecule has 1 saturated carbocycles. The molecule has 1 aromatic carbocycles. The average Bonchev–Trinajstić information content (AvgIpc) is 3.52. The van der Waals surface area contributed by atoms with Crippen molar-refractivity contribution in [3.8, 4) is 10.8 Å². The Kier molecular flexibility index (Phi) is 7.60. The molecule has 5 rings (SSSR count). The maximum Gasteiger partial charge on any atom is 0.333 e. The molecule has 1 aliphatic carbocycles. The number of ether oxygens (including phenoxy) is 1. The number of fused-ring (bicyclic) bond motifs is 1. The van der Waals surface area contributed by atoms with E-state index >= 15 is 0 Å². The second kappa shape index (κ2) is 10.9. The lowest BCUT2D eigenvalue weighted by molar-refractivity contribution is -0.130. The smallest absolute Gasteiger partial charge is 0.333 e. The molecule has 3 aromatic heterocycles. The highest BCUT2D eigenvalue weighted by atomic mass is 32.1. The minimum Gasteiger partial charge on any atom is -0.508 e. The first-order chi connectivity index (χ1) is 19.4. The molecular formula is C28H33FN6O5S. The molecule has 0 aliphatic heterocycles. The number of phenolic OH excluding ortho intramolecular Hbond substituents is 1. The highest BCUT2D eigenvalue weighted by molar-refractivity contribution is 7.21. The maximum absolute atomic E-state index is 14.3. The molecule has 13 heteroatoms. The Balaban J connectivity index is 1.75. The number of aryl methyl sites for hydroxylation is 1. The van der Waals surface area contributed by atoms with Gasteiger partial charge in [0, 0.05) is 17.2 Å². The molecule has 0 bridgehead atoms. The van der Waals surface area contributed by atoms with Crippen LogP contribution >= 0.6 is 11.3 Å². The van der Waals surface area contributed by atoms with Crippen molar-refractivity contribution in [2.45, 2.75) is 84.2 Å². The third kappa shape index (κ3) is 5.19. The number of benzene rings is 1. The Morgan fingerprint density at radius 1 is 1.24 bits per heavy atom. The van der Waals surface area contributed by atoms with Gasteiger partial charge in [-0.05, 0) is 72.1 Å². The fourth-order valence-corrected chi connectivity index (χ4v) is 6.23. The predicted molar refractivity (Wildman–Crippen MR) is 152 cm³/mol. The van der Waals surface area contributed by atoms with Crippen LogP contribution in [0.5, 0.6) is 5.75 Å². The summed E-state index contributed by atoms with van der Waals surface area (Å²) in [7, 11) is 0. The molecule has 41 heavy (non-hydrogen) atoms. The first-order valence-electron chi connectivity index (χ1n) is 13.5. The SMILES string of the molecule is Cc1c(-n2nccn2)sc2c1c(=O)n(C(C)(C)C(=O)NC1CCC1)c(=O)n2C[C@H](OC(C)C)c1cc(F)ccc1O. The lowest BCUT2D eigenvalue weighted by Crippen LogP contribution is -2.57. The fourth-order valence-electron chi connectivity index (χ4n) is 5.01. The number of nitrogens with one attached hydrogen (secondary N) is 1. The standard InChI is InChI=1S/C28H33FN6O5S/c1-15(2)40-21(19-13-17(29)9-10-20(19)36)14-33-25-22(16(3)24(41-25)35-30-11-12-31-35)23(37)34(27(33)39)28(4,5)26(38)32-18-7-6-8-18/h9-13,15,18,21,36H,6-8,14H2,1-5H3,(H,32,38)/t21-/m0/s1. The average molecular weight is 585 g/mol. The number of nitrogens with zero attached hydrogens (tertiary/aromatic N) is 5. The zero-order valence-corrected chi connectivity index (χ0v) is 24.4. The second-order valence-corrected chi connectivity index (χ2v) is 12.1. The summed E-state index contributed by atoms with van der Waals surface area (Å²) in [4.78, 5) is 43.4. The van der Waals surface area contributed by atoms with Crippen molar-refractivity contribution < 1.29 is 19.0 Å². The minimum atomic E-state index is -1.53. The van der Waals surface area contributed by atoms with Crippen molar-refractivity contribution in [3.63, 3.8) is 0 Å². The van der Waals surface area contributed by atoms with E-state index in [1.807, 2.05) is 0 Å². The molecule has 218 valence electrons. The van der Waals surface area contributed by atoms with Gasteiger partial charge < -0.3 is 15.2 Å². The zero-order chi connectivity index (χ0) is 29.6. The normalized spacial score (nSPS) is 14.9. The molecule has 1 atom stereocenters. The molecule has 1 amide bonds. The Morgan fingerprint density at radius 3 is 2.54 bits per heavy atom. The summed E-state index contributed by atoms with van der Waals surface area (Å²) in [6, 6.07) is 3.52. The van der Waals surface area contributed by atoms with E-state index in [-0.39, 0.29) is 35.4 Å². The molecule has 0 unspecified atom stereocenters. The molecule has 0 saturated heterocycles. The summed E-state index contributed by atoms with van der Waals surface area (Å²) in [6.45, 7) is 8.22. The van der Waals surface area contributed by atoms with Crippen molar-refractivity contribution in [2.75, 3.05) is 0 Å². The van der Waals surface area contributed by atoms with Crippen LogP contribution in [0.15, 0.2) is 40.2 Å². The van der Waals surface area contributed by atoms with Crippen molar-refractivity contribution in [3.05, 3.63) is 68.4 Å². The van der Waals surface area contributed by atoms with Crippen molar-refractivity contribution in [2.24, 2.45) is 0 Å². The number of carbonyl (C=O) groups excluding carboxylic acids is 1. The summed E-state index contributed by atoms with van der Waals surface area (Å²) in [5, 5.41) is 22.7. The molecule has 1 fully saturated rings. The number of hydrogen-bond donors (Lipinski definition) is 2. The number of phenols is 1. The number of halogens is 1. The number of aromatic hydroxyl groups is 1. The largest absolute Gasteiger partial charge is 0.508 e. The van der Waals surface area contributed by atoms with Crippen LogP contribution in [0.1, 0.15) is 64.2 Å². The van der Waals surface area contributed by atoms with Gasteiger partial charge in [-0.25, -0.2) is 13.8 Å². The first-order valence-corrected chi connectivity index (χ1v) is 14.3. The van der Waals surface area contributed by atoms with E-state index in [9.17, 15) is 23.9 Å². The first kappa shape index (κ1) is 28.7. The van der Waals surface area contributed by atoms with Crippen LogP contribution in [0.4, 0.5) is 4.39 Å². The van der Waals surface area contributed by atoms with E-state index in [0.29, 0.717) is 15.4 Å². The van der Waals surface area contributed by atoms with Crippen LogP contribution in [-0.2, 0) is 21.6 Å². The van der Waals surface area contributed by atoms with Gasteiger partial charge in [0.05, 0.1) is 30.4 Å². The lowest BCUT2D eigenvalue weighted by Gasteiger charge is -2.32. The fraction of sp³-hybridized carbons (Fsp3) is 0.464. The van der Waals surface area contributed by atoms with Crippen molar-refractivity contribution in [1.29, 1.82) is 0 Å². The Labute approximate surface area is 239 Å². The van der Waals surface area contributed by atoms with Gasteiger partial charge in [0.1, 0.15) is 33.0 Å². The molecule has 11 nitrogen and oxygen atoms in total. The van der Waals surface area contributed by atoms with Gasteiger partial charge >= 0.3 is 5.69 Å². The summed E-state index contributed by atoms with van der Waals surface area (Å²) < 4.78 is 22.7. The van der Waals surface area contributed by atoms with Crippen molar-refractivity contribution in [1.82, 2.24) is 29.4 Å². The number of thiophene rings is 1. The Bertz CT molecular complexity index is 1720. The Morgan fingerprint density at radius 2 is 1.93 bits per heavy atom. The third-order valence-corrected chi connectivity index (χ3v) is 8.74. The Hall–Kier alpha value is -3.84. The quantitative estimate of drug-likeness (QED) is 0.308. The molecule has 0 spiro atoms. The molecular weight excluding hydrogens is 551 g/mol. The van der Waals surface area contributed by atoms with Crippen LogP contribution in [0.25, 0.3) is 15.2 Å². The third-order valence-electron chi connectivity index (χ3n) is 7.46. The van der Waals surface area contributed by atoms with Gasteiger partial charge in [0.15, 0.2) is 0 Å². The maximum atomic E-state index is 14.3. The van der Waals surface area contributed by atoms with E-state index < -0.39 is 34.6 Å². The van der Waals surface area contributed by atoms with Gasteiger partial charge in [-0.3, -0.25) is 14.2 Å². The highest BCUT2D eigenvalue weighted by Gasteiger charge is 2.37. The molecule has 2 N–H and O–H groups in total. The van der Waals surface area contributed by atoms with Gasteiger partial charge in [-0.15, -0.1) is 4.80 Å². The van der Waals surface area contributed by atoms with Gasteiger partial charge in [0.2, 0.25) is 5.91 Å². The predicted octanol–water partition coefficient (Wildman–Crippen LogP) is 3.53. The topological polar surface area (TPSA) is 133 Å². The van der Waals surface area contributed by atoms with E-state index in [0.717, 1.165) is 47.3 Å². The number of carbonyl (C=O) groups is 1. The highest BCUT2D eigenvalue weighted by Crippen LogP contribution is 2.34. The summed E-state index contributed by atoms with van der Waals surface area (Å²) in [6.07, 6.45) is 4.39. The molecule has 1 aliphatic rings. The zero-order valence-electron chi connectivity index (χ0n) is 23.5. The summed E-state index contributed by atoms with van der Waals surface area (Å²) in [5.41, 5.74) is -2.18. The molecule has 4 aromatic rings. The van der Waals surface area contributed by atoms with Crippen LogP contribution in [0.3, 0.4) is 0 Å². The number of amides is 1. The summed E-state index contributed by atoms with van der Waals surface area (Å²) in [5.74, 6) is -1.21. The van der Waals surface area contributed by atoms with E-state index in [4.69, 9.17) is 4.74 Å². The van der Waals surface area contributed by atoms with Gasteiger partial charge in [0.25, 0.3) is 5.56 Å². The van der Waals surface area contributed by atoms with E-state index in [1.54, 1.807) is 20.8 Å². The van der Waals surface area contributed by atoms with Crippen LogP contribution in [-0.4, -0.2) is 47.3 Å². The monoisotopic (exact) mass is 584 g/mol. The second-order valence-electron chi connectivity index (χ2n) is 11.1.